The molecule has 0 bridgehead atoms. The smallest absolute Gasteiger partial charge is 0.339 e. The maximum absolute atomic E-state index is 13.1. The van der Waals surface area contributed by atoms with Crippen LogP contribution in [0.3, 0.4) is 0 Å². The van der Waals surface area contributed by atoms with Crippen LogP contribution in [0.15, 0.2) is 18.2 Å². The molecule has 1 aliphatic rings. The van der Waals surface area contributed by atoms with Gasteiger partial charge in [-0.05, 0) is 37.5 Å². The summed E-state index contributed by atoms with van der Waals surface area (Å²) in [6.07, 6.45) is 3.62. The Kier molecular flexibility index (Phi) is 4.37. The van der Waals surface area contributed by atoms with Crippen LogP contribution in [0.2, 0.25) is 0 Å². The van der Waals surface area contributed by atoms with Gasteiger partial charge in [-0.2, -0.15) is 0 Å². The first-order valence-corrected chi connectivity index (χ1v) is 6.32. The van der Waals surface area contributed by atoms with Crippen molar-refractivity contribution in [2.24, 2.45) is 0 Å². The van der Waals surface area contributed by atoms with Crippen LogP contribution in [0.25, 0.3) is 0 Å². The van der Waals surface area contributed by atoms with Crippen molar-refractivity contribution in [1.82, 2.24) is 0 Å². The Bertz CT molecular complexity index is 461. The van der Waals surface area contributed by atoms with E-state index in [1.54, 1.807) is 7.11 Å². The van der Waals surface area contributed by atoms with Gasteiger partial charge in [0.15, 0.2) is 0 Å². The van der Waals surface area contributed by atoms with E-state index in [9.17, 15) is 9.18 Å². The molecule has 2 atom stereocenters. The number of carbonyl (C=O) groups is 1. The number of carboxylic acids is 1. The van der Waals surface area contributed by atoms with E-state index in [0.717, 1.165) is 31.7 Å². The first-order valence-electron chi connectivity index (χ1n) is 6.32. The molecule has 5 heteroatoms. The van der Waals surface area contributed by atoms with E-state index in [0.29, 0.717) is 0 Å². The molecule has 0 aromatic heterocycles. The van der Waals surface area contributed by atoms with E-state index in [1.165, 1.54) is 12.1 Å². The summed E-state index contributed by atoms with van der Waals surface area (Å²) < 4.78 is 24.1. The maximum Gasteiger partial charge on any atom is 0.339 e. The normalized spacial score (nSPS) is 23.1. The summed E-state index contributed by atoms with van der Waals surface area (Å²) in [5.41, 5.74) is -0.139. The minimum atomic E-state index is -1.19. The lowest BCUT2D eigenvalue weighted by atomic mass is 9.95. The van der Waals surface area contributed by atoms with Gasteiger partial charge in [0, 0.05) is 13.5 Å². The Morgan fingerprint density at radius 2 is 2.11 bits per heavy atom. The lowest BCUT2D eigenvalue weighted by Crippen LogP contribution is -2.29. The van der Waals surface area contributed by atoms with E-state index in [2.05, 4.69) is 0 Å². The largest absolute Gasteiger partial charge is 0.489 e. The predicted octanol–water partition coefficient (Wildman–Crippen LogP) is 2.86. The standard InChI is InChI=1S/C14H17FO4/c1-18-10-3-2-4-11(8-10)19-13-6-5-9(15)7-12(13)14(16)17/h5-7,10-11H,2-4,8H2,1H3,(H,16,17). The highest BCUT2D eigenvalue weighted by molar-refractivity contribution is 5.90. The minimum absolute atomic E-state index is 0.0812. The van der Waals surface area contributed by atoms with Crippen LogP contribution >= 0.6 is 0 Å². The van der Waals surface area contributed by atoms with Crippen LogP contribution in [0.5, 0.6) is 5.75 Å². The van der Waals surface area contributed by atoms with Crippen molar-refractivity contribution in [3.05, 3.63) is 29.6 Å². The van der Waals surface area contributed by atoms with Crippen LogP contribution in [0.1, 0.15) is 36.0 Å². The van der Waals surface area contributed by atoms with Gasteiger partial charge >= 0.3 is 5.97 Å². The van der Waals surface area contributed by atoms with Gasteiger partial charge in [-0.1, -0.05) is 0 Å². The number of hydrogen-bond acceptors (Lipinski definition) is 3. The monoisotopic (exact) mass is 268 g/mol. The first kappa shape index (κ1) is 13.8. The van der Waals surface area contributed by atoms with Crippen LogP contribution in [-0.2, 0) is 4.74 Å². The van der Waals surface area contributed by atoms with E-state index < -0.39 is 11.8 Å². The molecule has 2 unspecified atom stereocenters. The fraction of sp³-hybridized carbons (Fsp3) is 0.500. The molecule has 0 amide bonds. The summed E-state index contributed by atoms with van der Waals surface area (Å²) in [5, 5.41) is 9.05. The molecular formula is C14H17FO4. The van der Waals surface area contributed by atoms with E-state index in [4.69, 9.17) is 14.6 Å². The molecule has 2 rings (SSSR count). The quantitative estimate of drug-likeness (QED) is 0.912. The van der Waals surface area contributed by atoms with Crippen molar-refractivity contribution in [2.75, 3.05) is 7.11 Å². The summed E-state index contributed by atoms with van der Waals surface area (Å²) in [4.78, 5) is 11.1. The summed E-state index contributed by atoms with van der Waals surface area (Å²) in [5.74, 6) is -1.55. The van der Waals surface area contributed by atoms with Crippen molar-refractivity contribution >= 4 is 5.97 Å². The van der Waals surface area contributed by atoms with Crippen molar-refractivity contribution in [3.63, 3.8) is 0 Å². The highest BCUT2D eigenvalue weighted by atomic mass is 19.1. The zero-order valence-electron chi connectivity index (χ0n) is 10.8. The molecule has 0 aliphatic heterocycles. The number of benzene rings is 1. The predicted molar refractivity (Wildman–Crippen MR) is 67.0 cm³/mol. The Morgan fingerprint density at radius 3 is 2.79 bits per heavy atom. The number of aromatic carboxylic acids is 1. The molecule has 0 spiro atoms. The zero-order chi connectivity index (χ0) is 13.8. The molecule has 0 heterocycles. The molecule has 1 aromatic carbocycles. The number of ether oxygens (including phenoxy) is 2. The Morgan fingerprint density at radius 1 is 1.37 bits per heavy atom. The molecule has 1 aliphatic carbocycles. The third-order valence-electron chi connectivity index (χ3n) is 3.38. The third-order valence-corrected chi connectivity index (χ3v) is 3.38. The SMILES string of the molecule is COC1CCCC(Oc2ccc(F)cc2C(=O)O)C1. The van der Waals surface area contributed by atoms with Crippen LogP contribution in [0.4, 0.5) is 4.39 Å². The zero-order valence-corrected chi connectivity index (χ0v) is 10.8. The molecule has 0 radical (unpaired) electrons. The second-order valence-corrected chi connectivity index (χ2v) is 4.71. The van der Waals surface area contributed by atoms with Gasteiger partial charge in [0.05, 0.1) is 6.10 Å². The summed E-state index contributed by atoms with van der Waals surface area (Å²) in [6, 6.07) is 3.56. The molecule has 19 heavy (non-hydrogen) atoms. The fourth-order valence-corrected chi connectivity index (χ4v) is 2.37. The minimum Gasteiger partial charge on any atom is -0.489 e. The molecule has 1 N–H and O–H groups in total. The van der Waals surface area contributed by atoms with Gasteiger partial charge < -0.3 is 14.6 Å². The molecule has 4 nitrogen and oxygen atoms in total. The number of rotatable bonds is 4. The van der Waals surface area contributed by atoms with Gasteiger partial charge in [0.25, 0.3) is 0 Å². The maximum atomic E-state index is 13.1. The number of halogens is 1. The average molecular weight is 268 g/mol. The summed E-state index contributed by atoms with van der Waals surface area (Å²) in [7, 11) is 1.66. The van der Waals surface area contributed by atoms with Crippen LogP contribution < -0.4 is 4.74 Å². The van der Waals surface area contributed by atoms with Crippen molar-refractivity contribution < 1.29 is 23.8 Å². The fourth-order valence-electron chi connectivity index (χ4n) is 2.37. The second-order valence-electron chi connectivity index (χ2n) is 4.71. The Labute approximate surface area is 111 Å². The Balaban J connectivity index is 2.12. The lowest BCUT2D eigenvalue weighted by Gasteiger charge is -2.29. The highest BCUT2D eigenvalue weighted by Crippen LogP contribution is 2.27. The molecule has 1 fully saturated rings. The van der Waals surface area contributed by atoms with Crippen molar-refractivity contribution in [3.8, 4) is 5.75 Å². The second kappa shape index (κ2) is 6.02. The molecule has 104 valence electrons. The average Bonchev–Trinajstić information content (AvgIpc) is 2.41. The van der Waals surface area contributed by atoms with Crippen molar-refractivity contribution in [1.29, 1.82) is 0 Å². The Hall–Kier alpha value is -1.62. The van der Waals surface area contributed by atoms with Gasteiger partial charge in [0.2, 0.25) is 0 Å². The number of carboxylic acid groups (broad SMARTS) is 1. The van der Waals surface area contributed by atoms with Crippen LogP contribution in [0, 0.1) is 5.82 Å². The van der Waals surface area contributed by atoms with Gasteiger partial charge in [0.1, 0.15) is 23.2 Å². The molecular weight excluding hydrogens is 251 g/mol. The molecule has 0 saturated heterocycles. The lowest BCUT2D eigenvalue weighted by molar-refractivity contribution is 0.0204. The van der Waals surface area contributed by atoms with Gasteiger partial charge in [-0.25, -0.2) is 9.18 Å². The molecule has 1 saturated carbocycles. The van der Waals surface area contributed by atoms with E-state index in [-0.39, 0.29) is 23.5 Å². The van der Waals surface area contributed by atoms with Gasteiger partial charge in [-0.3, -0.25) is 0 Å². The van der Waals surface area contributed by atoms with E-state index >= 15 is 0 Å². The highest BCUT2D eigenvalue weighted by Gasteiger charge is 2.24. The third kappa shape index (κ3) is 3.44. The number of methoxy groups -OCH3 is 1. The topological polar surface area (TPSA) is 55.8 Å². The molecule has 1 aromatic rings. The van der Waals surface area contributed by atoms with Crippen molar-refractivity contribution in [2.45, 2.75) is 37.9 Å². The summed E-state index contributed by atoms with van der Waals surface area (Å²) in [6.45, 7) is 0. The first-order chi connectivity index (χ1) is 9.10. The van der Waals surface area contributed by atoms with Crippen LogP contribution in [-0.4, -0.2) is 30.4 Å². The summed E-state index contributed by atoms with van der Waals surface area (Å²) >= 11 is 0. The van der Waals surface area contributed by atoms with E-state index in [1.807, 2.05) is 0 Å². The van der Waals surface area contributed by atoms with Gasteiger partial charge in [-0.15, -0.1) is 0 Å². The number of hydrogen-bond donors (Lipinski definition) is 1.